The van der Waals surface area contributed by atoms with Gasteiger partial charge in [-0.05, 0) is 49.2 Å². The Morgan fingerprint density at radius 2 is 1.78 bits per heavy atom. The number of carbonyl (C=O) groups is 2. The van der Waals surface area contributed by atoms with Crippen LogP contribution in [0.3, 0.4) is 0 Å². The Balaban J connectivity index is 1.30. The fourth-order valence-electron chi connectivity index (χ4n) is 4.81. The number of urea groups is 2. The third-order valence-corrected chi connectivity index (χ3v) is 6.70. The summed E-state index contributed by atoms with van der Waals surface area (Å²) in [5.74, 6) is 0.921. The largest absolute Gasteiger partial charge is 0.380 e. The molecular formula is C27H30N6O3. The van der Waals surface area contributed by atoms with Crippen molar-refractivity contribution in [2.45, 2.75) is 32.0 Å². The average molecular weight is 487 g/mol. The quantitative estimate of drug-likeness (QED) is 0.498. The lowest BCUT2D eigenvalue weighted by Gasteiger charge is -2.27. The van der Waals surface area contributed by atoms with E-state index in [1.54, 1.807) is 19.4 Å². The standard InChI is InChI=1S/C27H30N6O3/c1-18-10-11-21(30-26(34)29-20-8-4-3-5-9-20)13-24(18)31-27(35)32-15-19-7-6-12-28-25(19)33-17-23(36-2)14-22(33)16-32/h3-13,22-23H,14-17H2,1-2H3,(H,31,35)(H2,29,30,34). The number of fused-ring (bicyclic) bond motifs is 3. The second-order valence-corrected chi connectivity index (χ2v) is 9.17. The number of hydrogen-bond donors (Lipinski definition) is 3. The molecule has 2 atom stereocenters. The zero-order valence-electron chi connectivity index (χ0n) is 20.4. The number of methoxy groups -OCH3 is 1. The van der Waals surface area contributed by atoms with Crippen molar-refractivity contribution in [3.63, 3.8) is 0 Å². The van der Waals surface area contributed by atoms with E-state index < -0.39 is 0 Å². The molecule has 1 aromatic heterocycles. The van der Waals surface area contributed by atoms with Crippen LogP contribution in [0.1, 0.15) is 17.5 Å². The van der Waals surface area contributed by atoms with Crippen LogP contribution < -0.4 is 20.9 Å². The number of nitrogens with zero attached hydrogens (tertiary/aromatic N) is 3. The van der Waals surface area contributed by atoms with Crippen molar-refractivity contribution in [1.29, 1.82) is 0 Å². The maximum atomic E-state index is 13.4. The summed E-state index contributed by atoms with van der Waals surface area (Å²) >= 11 is 0. The lowest BCUT2D eigenvalue weighted by molar-refractivity contribution is 0.116. The molecule has 2 aliphatic heterocycles. The Morgan fingerprint density at radius 1 is 0.972 bits per heavy atom. The van der Waals surface area contributed by atoms with Gasteiger partial charge in [0.1, 0.15) is 5.82 Å². The molecule has 2 aliphatic rings. The third kappa shape index (κ3) is 5.11. The highest BCUT2D eigenvalue weighted by molar-refractivity contribution is 6.00. The van der Waals surface area contributed by atoms with E-state index in [9.17, 15) is 9.59 Å². The molecule has 0 saturated carbocycles. The summed E-state index contributed by atoms with van der Waals surface area (Å²) in [5, 5.41) is 8.68. The number of nitrogens with one attached hydrogen (secondary N) is 3. The lowest BCUT2D eigenvalue weighted by Crippen LogP contribution is -2.42. The van der Waals surface area contributed by atoms with E-state index >= 15 is 0 Å². The van der Waals surface area contributed by atoms with Gasteiger partial charge in [0.25, 0.3) is 0 Å². The van der Waals surface area contributed by atoms with Crippen LogP contribution in [-0.4, -0.2) is 54.3 Å². The molecule has 0 radical (unpaired) electrons. The fourth-order valence-corrected chi connectivity index (χ4v) is 4.81. The van der Waals surface area contributed by atoms with Gasteiger partial charge in [0.2, 0.25) is 0 Å². The number of rotatable bonds is 4. The second-order valence-electron chi connectivity index (χ2n) is 9.17. The van der Waals surface area contributed by atoms with E-state index in [0.717, 1.165) is 29.9 Å². The van der Waals surface area contributed by atoms with Crippen LogP contribution in [-0.2, 0) is 11.3 Å². The van der Waals surface area contributed by atoms with E-state index in [0.29, 0.717) is 30.2 Å². The summed E-state index contributed by atoms with van der Waals surface area (Å²) < 4.78 is 5.62. The fraction of sp³-hybridized carbons (Fsp3) is 0.296. The third-order valence-electron chi connectivity index (χ3n) is 6.70. The highest BCUT2D eigenvalue weighted by Gasteiger charge is 2.38. The first-order chi connectivity index (χ1) is 17.5. The molecule has 5 rings (SSSR count). The van der Waals surface area contributed by atoms with Crippen molar-refractivity contribution in [1.82, 2.24) is 9.88 Å². The average Bonchev–Trinajstić information content (AvgIpc) is 3.22. The van der Waals surface area contributed by atoms with Gasteiger partial charge in [-0.15, -0.1) is 0 Å². The minimum atomic E-state index is -0.354. The monoisotopic (exact) mass is 486 g/mol. The number of carbonyl (C=O) groups excluding carboxylic acids is 2. The van der Waals surface area contributed by atoms with E-state index in [1.165, 1.54) is 0 Å². The zero-order chi connectivity index (χ0) is 25.1. The van der Waals surface area contributed by atoms with Crippen molar-refractivity contribution in [2.75, 3.05) is 41.0 Å². The van der Waals surface area contributed by atoms with Crippen LogP contribution in [0, 0.1) is 6.92 Å². The summed E-state index contributed by atoms with van der Waals surface area (Å²) in [6.07, 6.45) is 2.74. The molecule has 3 heterocycles. The summed E-state index contributed by atoms with van der Waals surface area (Å²) in [4.78, 5) is 34.6. The van der Waals surface area contributed by atoms with Gasteiger partial charge in [0.15, 0.2) is 0 Å². The van der Waals surface area contributed by atoms with E-state index in [4.69, 9.17) is 4.74 Å². The Labute approximate surface area is 210 Å². The van der Waals surface area contributed by atoms with Crippen LogP contribution in [0.4, 0.5) is 32.5 Å². The van der Waals surface area contributed by atoms with E-state index in [1.807, 2.05) is 66.4 Å². The highest BCUT2D eigenvalue weighted by atomic mass is 16.5. The maximum absolute atomic E-state index is 13.4. The number of benzene rings is 2. The number of ether oxygens (including phenoxy) is 1. The molecule has 4 amide bonds. The SMILES string of the molecule is COC1CC2CN(C(=O)Nc3cc(NC(=O)Nc4ccccc4)ccc3C)Cc3cccnc3N2C1. The number of anilines is 4. The van der Waals surface area contributed by atoms with Gasteiger partial charge in [-0.2, -0.15) is 0 Å². The van der Waals surface area contributed by atoms with Gasteiger partial charge >= 0.3 is 12.1 Å². The molecule has 0 spiro atoms. The minimum Gasteiger partial charge on any atom is -0.380 e. The molecule has 0 bridgehead atoms. The summed E-state index contributed by atoms with van der Waals surface area (Å²) in [6.45, 7) is 3.72. The first-order valence-corrected chi connectivity index (χ1v) is 12.0. The topological polar surface area (TPSA) is 98.8 Å². The highest BCUT2D eigenvalue weighted by Crippen LogP contribution is 2.33. The molecule has 36 heavy (non-hydrogen) atoms. The molecule has 9 heteroatoms. The molecule has 3 N–H and O–H groups in total. The van der Waals surface area contributed by atoms with Crippen molar-refractivity contribution in [3.8, 4) is 0 Å². The van der Waals surface area contributed by atoms with Crippen molar-refractivity contribution in [3.05, 3.63) is 78.0 Å². The Morgan fingerprint density at radius 3 is 2.58 bits per heavy atom. The van der Waals surface area contributed by atoms with Crippen molar-refractivity contribution < 1.29 is 14.3 Å². The van der Waals surface area contributed by atoms with E-state index in [2.05, 4.69) is 25.8 Å². The van der Waals surface area contributed by atoms with Crippen LogP contribution in [0.2, 0.25) is 0 Å². The normalized spacial score (nSPS) is 18.6. The molecule has 186 valence electrons. The van der Waals surface area contributed by atoms with Crippen LogP contribution in [0.15, 0.2) is 66.9 Å². The van der Waals surface area contributed by atoms with Crippen LogP contribution in [0.5, 0.6) is 0 Å². The number of amides is 4. The van der Waals surface area contributed by atoms with Gasteiger partial charge in [-0.3, -0.25) is 0 Å². The number of aromatic nitrogens is 1. The van der Waals surface area contributed by atoms with Gasteiger partial charge in [-0.25, -0.2) is 14.6 Å². The lowest BCUT2D eigenvalue weighted by atomic mass is 10.1. The zero-order valence-corrected chi connectivity index (χ0v) is 20.4. The molecule has 1 saturated heterocycles. The number of para-hydroxylation sites is 1. The van der Waals surface area contributed by atoms with Gasteiger partial charge < -0.3 is 30.5 Å². The molecule has 2 aromatic carbocycles. The predicted octanol–water partition coefficient (Wildman–Crippen LogP) is 4.68. The van der Waals surface area contributed by atoms with Crippen LogP contribution in [0.25, 0.3) is 0 Å². The molecule has 3 aromatic rings. The first-order valence-electron chi connectivity index (χ1n) is 12.0. The van der Waals surface area contributed by atoms with E-state index in [-0.39, 0.29) is 24.2 Å². The molecule has 2 unspecified atom stereocenters. The molecule has 0 aliphatic carbocycles. The Hall–Kier alpha value is -4.11. The number of aryl methyl sites for hydroxylation is 1. The minimum absolute atomic E-state index is 0.111. The smallest absolute Gasteiger partial charge is 0.323 e. The summed E-state index contributed by atoms with van der Waals surface area (Å²) in [5.41, 5.74) is 3.84. The summed E-state index contributed by atoms with van der Waals surface area (Å²) in [6, 6.07) is 18.2. The van der Waals surface area contributed by atoms with Gasteiger partial charge in [0, 0.05) is 49.0 Å². The first kappa shape index (κ1) is 23.6. The maximum Gasteiger partial charge on any atom is 0.323 e. The van der Waals surface area contributed by atoms with Crippen LogP contribution >= 0.6 is 0 Å². The number of pyridine rings is 1. The predicted molar refractivity (Wildman–Crippen MR) is 140 cm³/mol. The number of hydrogen-bond acceptors (Lipinski definition) is 5. The molecular weight excluding hydrogens is 456 g/mol. The van der Waals surface area contributed by atoms with Gasteiger partial charge in [-0.1, -0.05) is 30.3 Å². The molecule has 9 nitrogen and oxygen atoms in total. The molecule has 1 fully saturated rings. The second kappa shape index (κ2) is 10.2. The Kier molecular flexibility index (Phi) is 6.73. The van der Waals surface area contributed by atoms with Crippen molar-refractivity contribution >= 4 is 34.9 Å². The Bertz CT molecular complexity index is 1250. The van der Waals surface area contributed by atoms with Gasteiger partial charge in [0.05, 0.1) is 18.7 Å². The van der Waals surface area contributed by atoms with Crippen molar-refractivity contribution in [2.24, 2.45) is 0 Å². The summed E-state index contributed by atoms with van der Waals surface area (Å²) in [7, 11) is 1.73.